The molecule has 0 fully saturated rings. The van der Waals surface area contributed by atoms with Gasteiger partial charge in [0.2, 0.25) is 0 Å². The van der Waals surface area contributed by atoms with Crippen molar-refractivity contribution in [1.29, 1.82) is 0 Å². The highest BCUT2D eigenvalue weighted by Crippen LogP contribution is 2.15. The van der Waals surface area contributed by atoms with Gasteiger partial charge in [-0.25, -0.2) is 0 Å². The van der Waals surface area contributed by atoms with Crippen LogP contribution in [0.25, 0.3) is 0 Å². The van der Waals surface area contributed by atoms with Crippen LogP contribution >= 0.6 is 0 Å². The third-order valence-corrected chi connectivity index (χ3v) is 3.25. The summed E-state index contributed by atoms with van der Waals surface area (Å²) >= 11 is 0. The van der Waals surface area contributed by atoms with Crippen LogP contribution in [0.4, 0.5) is 0 Å². The number of benzene rings is 1. The number of ether oxygens (including phenoxy) is 1. The van der Waals surface area contributed by atoms with Gasteiger partial charge in [-0.2, -0.15) is 0 Å². The molecule has 3 heteroatoms. The lowest BCUT2D eigenvalue weighted by Crippen LogP contribution is -1.96. The van der Waals surface area contributed by atoms with E-state index in [1.807, 2.05) is 31.2 Å². The normalized spacial score (nSPS) is 12.5. The van der Waals surface area contributed by atoms with Crippen molar-refractivity contribution in [2.24, 2.45) is 0 Å². The van der Waals surface area contributed by atoms with Crippen LogP contribution in [-0.4, -0.2) is 17.1 Å². The van der Waals surface area contributed by atoms with Crippen molar-refractivity contribution in [1.82, 2.24) is 0 Å². The summed E-state index contributed by atoms with van der Waals surface area (Å²) in [6, 6.07) is 7.41. The average molecular weight is 198 g/mol. The maximum absolute atomic E-state index is 11.6. The summed E-state index contributed by atoms with van der Waals surface area (Å²) in [6.07, 6.45) is 0.934. The Morgan fingerprint density at radius 2 is 2.23 bits per heavy atom. The molecule has 0 saturated heterocycles. The highest BCUT2D eigenvalue weighted by atomic mass is 32.2. The molecule has 0 spiro atoms. The van der Waals surface area contributed by atoms with Crippen LogP contribution in [0.3, 0.4) is 0 Å². The van der Waals surface area contributed by atoms with Crippen molar-refractivity contribution in [2.75, 3.05) is 12.9 Å². The molecule has 1 aromatic rings. The summed E-state index contributed by atoms with van der Waals surface area (Å²) in [5.41, 5.74) is 0. The third kappa shape index (κ3) is 2.84. The molecule has 1 atom stereocenters. The zero-order chi connectivity index (χ0) is 9.68. The second kappa shape index (κ2) is 5.02. The lowest BCUT2D eigenvalue weighted by Gasteiger charge is -2.03. The van der Waals surface area contributed by atoms with Gasteiger partial charge in [0.15, 0.2) is 0 Å². The highest BCUT2D eigenvalue weighted by Gasteiger charge is 2.02. The van der Waals surface area contributed by atoms with Crippen LogP contribution in [0.1, 0.15) is 13.3 Å². The van der Waals surface area contributed by atoms with Crippen molar-refractivity contribution in [2.45, 2.75) is 18.2 Å². The molecule has 0 heterocycles. The van der Waals surface area contributed by atoms with Crippen LogP contribution in [0.5, 0.6) is 5.75 Å². The van der Waals surface area contributed by atoms with E-state index in [0.717, 1.165) is 17.1 Å². The molecule has 2 nitrogen and oxygen atoms in total. The molecule has 0 amide bonds. The topological polar surface area (TPSA) is 26.3 Å². The molecule has 0 bridgehead atoms. The van der Waals surface area contributed by atoms with Crippen LogP contribution in [0.2, 0.25) is 0 Å². The summed E-state index contributed by atoms with van der Waals surface area (Å²) in [5, 5.41) is 0. The summed E-state index contributed by atoms with van der Waals surface area (Å²) in [6.45, 7) is 2.03. The predicted molar refractivity (Wildman–Crippen MR) is 54.6 cm³/mol. The quantitative estimate of drug-likeness (QED) is 0.741. The second-order valence-corrected chi connectivity index (χ2v) is 4.30. The van der Waals surface area contributed by atoms with Crippen molar-refractivity contribution in [3.8, 4) is 5.75 Å². The first-order chi connectivity index (χ1) is 6.27. The standard InChI is InChI=1S/C10H14O2S/c1-3-7-13(11)10-6-4-5-9(8-10)12-2/h4-6,8H,3,7H2,1-2H3. The minimum atomic E-state index is -0.875. The third-order valence-electron chi connectivity index (χ3n) is 1.69. The molecule has 0 aliphatic heterocycles. The van der Waals surface area contributed by atoms with Gasteiger partial charge in [0.1, 0.15) is 5.75 Å². The van der Waals surface area contributed by atoms with Gasteiger partial charge in [-0.3, -0.25) is 4.21 Å². The maximum atomic E-state index is 11.6. The van der Waals surface area contributed by atoms with Gasteiger partial charge < -0.3 is 4.74 Å². The first-order valence-corrected chi connectivity index (χ1v) is 5.62. The zero-order valence-electron chi connectivity index (χ0n) is 7.95. The molecule has 0 saturated carbocycles. The smallest absolute Gasteiger partial charge is 0.120 e. The van der Waals surface area contributed by atoms with E-state index in [1.54, 1.807) is 7.11 Å². The maximum Gasteiger partial charge on any atom is 0.120 e. The van der Waals surface area contributed by atoms with Crippen LogP contribution in [-0.2, 0) is 10.8 Å². The van der Waals surface area contributed by atoms with Gasteiger partial charge in [-0.05, 0) is 24.6 Å². The fourth-order valence-electron chi connectivity index (χ4n) is 1.05. The van der Waals surface area contributed by atoms with E-state index >= 15 is 0 Å². The van der Waals surface area contributed by atoms with E-state index in [4.69, 9.17) is 4.74 Å². The van der Waals surface area contributed by atoms with Crippen LogP contribution in [0, 0.1) is 0 Å². The number of hydrogen-bond acceptors (Lipinski definition) is 2. The fourth-order valence-corrected chi connectivity index (χ4v) is 2.13. The van der Waals surface area contributed by atoms with Gasteiger partial charge in [0.05, 0.1) is 17.9 Å². The summed E-state index contributed by atoms with van der Waals surface area (Å²) in [5.74, 6) is 1.48. The molecule has 0 aliphatic carbocycles. The summed E-state index contributed by atoms with van der Waals surface area (Å²) < 4.78 is 16.6. The summed E-state index contributed by atoms with van der Waals surface area (Å²) in [7, 11) is 0.738. The minimum Gasteiger partial charge on any atom is -0.497 e. The lowest BCUT2D eigenvalue weighted by atomic mass is 10.3. The Balaban J connectivity index is 2.82. The van der Waals surface area contributed by atoms with Gasteiger partial charge in [0, 0.05) is 10.6 Å². The van der Waals surface area contributed by atoms with Gasteiger partial charge >= 0.3 is 0 Å². The van der Waals surface area contributed by atoms with E-state index in [9.17, 15) is 4.21 Å². The van der Waals surface area contributed by atoms with E-state index in [-0.39, 0.29) is 0 Å². The monoisotopic (exact) mass is 198 g/mol. The highest BCUT2D eigenvalue weighted by molar-refractivity contribution is 7.85. The molecule has 0 radical (unpaired) electrons. The molecular weight excluding hydrogens is 184 g/mol. The van der Waals surface area contributed by atoms with E-state index in [1.165, 1.54) is 0 Å². The summed E-state index contributed by atoms with van der Waals surface area (Å²) in [4.78, 5) is 0.848. The van der Waals surface area contributed by atoms with Gasteiger partial charge in [0.25, 0.3) is 0 Å². The Bertz CT molecular complexity index is 297. The van der Waals surface area contributed by atoms with E-state index < -0.39 is 10.8 Å². The zero-order valence-corrected chi connectivity index (χ0v) is 8.76. The Kier molecular flexibility index (Phi) is 3.96. The largest absolute Gasteiger partial charge is 0.497 e. The van der Waals surface area contributed by atoms with Gasteiger partial charge in [-0.15, -0.1) is 0 Å². The predicted octanol–water partition coefficient (Wildman–Crippen LogP) is 2.21. The molecule has 0 aromatic heterocycles. The fraction of sp³-hybridized carbons (Fsp3) is 0.400. The Hall–Kier alpha value is -0.830. The first-order valence-electron chi connectivity index (χ1n) is 4.30. The first kappa shape index (κ1) is 10.3. The number of rotatable bonds is 4. The SMILES string of the molecule is CCCS(=O)c1cccc(OC)c1. The molecule has 13 heavy (non-hydrogen) atoms. The van der Waals surface area contributed by atoms with Crippen LogP contribution < -0.4 is 4.74 Å². The van der Waals surface area contributed by atoms with Crippen molar-refractivity contribution >= 4 is 10.8 Å². The van der Waals surface area contributed by atoms with E-state index in [0.29, 0.717) is 5.75 Å². The lowest BCUT2D eigenvalue weighted by molar-refractivity contribution is 0.413. The van der Waals surface area contributed by atoms with Gasteiger partial charge in [-0.1, -0.05) is 13.0 Å². The second-order valence-electron chi connectivity index (χ2n) is 2.73. The van der Waals surface area contributed by atoms with Crippen molar-refractivity contribution in [3.05, 3.63) is 24.3 Å². The Morgan fingerprint density at radius 1 is 1.46 bits per heavy atom. The molecule has 72 valence electrons. The van der Waals surface area contributed by atoms with Crippen LogP contribution in [0.15, 0.2) is 29.2 Å². The Morgan fingerprint density at radius 3 is 2.85 bits per heavy atom. The minimum absolute atomic E-state index is 0.715. The van der Waals surface area contributed by atoms with Crippen molar-refractivity contribution in [3.63, 3.8) is 0 Å². The molecule has 1 aromatic carbocycles. The average Bonchev–Trinajstić information content (AvgIpc) is 2.18. The molecule has 1 rings (SSSR count). The number of hydrogen-bond donors (Lipinski definition) is 0. The number of methoxy groups -OCH3 is 1. The molecule has 0 N–H and O–H groups in total. The molecule has 0 aliphatic rings. The van der Waals surface area contributed by atoms with E-state index in [2.05, 4.69) is 0 Å². The van der Waals surface area contributed by atoms with Crippen molar-refractivity contribution < 1.29 is 8.95 Å². The molecular formula is C10H14O2S. The molecule has 1 unspecified atom stereocenters. The Labute approximate surface area is 81.4 Å².